The van der Waals surface area contributed by atoms with Crippen LogP contribution in [0.5, 0.6) is 0 Å². The maximum absolute atomic E-state index is 12.6. The Morgan fingerprint density at radius 2 is 1.92 bits per heavy atom. The van der Waals surface area contributed by atoms with Gasteiger partial charge in [-0.05, 0) is 11.6 Å². The molecular weight excluding hydrogens is 334 g/mol. The van der Waals surface area contributed by atoms with Crippen molar-refractivity contribution < 1.29 is 18.7 Å². The van der Waals surface area contributed by atoms with Crippen LogP contribution >= 0.6 is 0 Å². The molecule has 0 unspecified atom stereocenters. The molecule has 3 rings (SSSR count). The number of morpholine rings is 1. The molecule has 138 valence electrons. The Morgan fingerprint density at radius 3 is 2.62 bits per heavy atom. The second-order valence-corrected chi connectivity index (χ2v) is 6.12. The smallest absolute Gasteiger partial charge is 0.255 e. The second kappa shape index (κ2) is 8.64. The molecule has 1 aromatic carbocycles. The number of amides is 2. The number of hydrogen-bond acceptors (Lipinski definition) is 5. The zero-order valence-electron chi connectivity index (χ0n) is 14.7. The number of nitrogens with zero attached hydrogens (tertiary/aromatic N) is 1. The fourth-order valence-electron chi connectivity index (χ4n) is 2.87. The van der Waals surface area contributed by atoms with E-state index in [4.69, 9.17) is 9.15 Å². The summed E-state index contributed by atoms with van der Waals surface area (Å²) in [5, 5.41) is 5.36. The van der Waals surface area contributed by atoms with Gasteiger partial charge in [0.1, 0.15) is 18.1 Å². The molecule has 0 aliphatic carbocycles. The van der Waals surface area contributed by atoms with Gasteiger partial charge in [0.25, 0.3) is 5.91 Å². The zero-order valence-corrected chi connectivity index (χ0v) is 14.7. The number of rotatable bonds is 6. The summed E-state index contributed by atoms with van der Waals surface area (Å²) in [4.78, 5) is 27.0. The van der Waals surface area contributed by atoms with E-state index in [1.165, 1.54) is 6.26 Å². The first kappa shape index (κ1) is 18.2. The minimum Gasteiger partial charge on any atom is -0.467 e. The molecular formula is C19H23N3O4. The molecule has 26 heavy (non-hydrogen) atoms. The van der Waals surface area contributed by atoms with Gasteiger partial charge in [0.15, 0.2) is 0 Å². The van der Waals surface area contributed by atoms with Gasteiger partial charge >= 0.3 is 0 Å². The summed E-state index contributed by atoms with van der Waals surface area (Å²) < 4.78 is 10.8. The first-order valence-corrected chi connectivity index (χ1v) is 8.62. The van der Waals surface area contributed by atoms with E-state index in [2.05, 4.69) is 15.5 Å². The summed E-state index contributed by atoms with van der Waals surface area (Å²) in [7, 11) is 1.54. The summed E-state index contributed by atoms with van der Waals surface area (Å²) in [6.45, 7) is 3.73. The van der Waals surface area contributed by atoms with E-state index < -0.39 is 6.04 Å². The number of carbonyl (C=O) groups excluding carboxylic acids is 2. The maximum atomic E-state index is 12.6. The van der Waals surface area contributed by atoms with Gasteiger partial charge in [-0.3, -0.25) is 14.5 Å². The average molecular weight is 357 g/mol. The van der Waals surface area contributed by atoms with Crippen molar-refractivity contribution >= 4 is 11.8 Å². The van der Waals surface area contributed by atoms with Crippen LogP contribution in [0.25, 0.3) is 0 Å². The molecule has 1 atom stereocenters. The molecule has 0 radical (unpaired) electrons. The fraction of sp³-hybridized carbons (Fsp3) is 0.368. The Labute approximate surface area is 152 Å². The van der Waals surface area contributed by atoms with Gasteiger partial charge in [0.2, 0.25) is 5.91 Å². The van der Waals surface area contributed by atoms with Gasteiger partial charge < -0.3 is 19.8 Å². The molecule has 2 aromatic rings. The highest BCUT2D eigenvalue weighted by Crippen LogP contribution is 2.16. The largest absolute Gasteiger partial charge is 0.467 e. The van der Waals surface area contributed by atoms with Crippen molar-refractivity contribution in [2.75, 3.05) is 33.4 Å². The van der Waals surface area contributed by atoms with Crippen LogP contribution in [0, 0.1) is 0 Å². The van der Waals surface area contributed by atoms with E-state index in [9.17, 15) is 9.59 Å². The lowest BCUT2D eigenvalue weighted by atomic mass is 10.1. The number of hydrogen-bond donors (Lipinski definition) is 2. The van der Waals surface area contributed by atoms with Crippen molar-refractivity contribution in [3.63, 3.8) is 0 Å². The van der Waals surface area contributed by atoms with E-state index in [-0.39, 0.29) is 11.8 Å². The Morgan fingerprint density at radius 1 is 1.19 bits per heavy atom. The van der Waals surface area contributed by atoms with Gasteiger partial charge in [-0.1, -0.05) is 30.3 Å². The quantitative estimate of drug-likeness (QED) is 0.815. The van der Waals surface area contributed by atoms with E-state index >= 15 is 0 Å². The lowest BCUT2D eigenvalue weighted by molar-refractivity contribution is -0.122. The van der Waals surface area contributed by atoms with Crippen LogP contribution < -0.4 is 10.6 Å². The predicted molar refractivity (Wildman–Crippen MR) is 95.5 cm³/mol. The van der Waals surface area contributed by atoms with Crippen molar-refractivity contribution in [3.05, 3.63) is 59.5 Å². The monoisotopic (exact) mass is 357 g/mol. The molecule has 0 bridgehead atoms. The molecule has 7 nitrogen and oxygen atoms in total. The summed E-state index contributed by atoms with van der Waals surface area (Å²) in [6, 6.07) is 10.1. The van der Waals surface area contributed by atoms with Crippen LogP contribution in [0.15, 0.2) is 47.1 Å². The number of benzene rings is 1. The van der Waals surface area contributed by atoms with Gasteiger partial charge in [-0.2, -0.15) is 0 Å². The molecule has 1 aliphatic heterocycles. The second-order valence-electron chi connectivity index (χ2n) is 6.12. The Hall–Kier alpha value is -2.64. The third-order valence-corrected chi connectivity index (χ3v) is 4.32. The van der Waals surface area contributed by atoms with Crippen molar-refractivity contribution in [1.29, 1.82) is 0 Å². The van der Waals surface area contributed by atoms with Crippen molar-refractivity contribution in [2.45, 2.75) is 12.6 Å². The lowest BCUT2D eigenvalue weighted by Crippen LogP contribution is -2.39. The SMILES string of the molecule is CNC(=O)[C@H](NC(=O)c1coc(CN2CCOCC2)c1)c1ccccc1. The molecule has 7 heteroatoms. The molecule has 0 saturated carbocycles. The Bertz CT molecular complexity index is 738. The molecule has 1 fully saturated rings. The van der Waals surface area contributed by atoms with Gasteiger partial charge in [0.05, 0.1) is 25.3 Å². The van der Waals surface area contributed by atoms with E-state index in [0.29, 0.717) is 31.1 Å². The lowest BCUT2D eigenvalue weighted by Gasteiger charge is -2.25. The number of ether oxygens (including phenoxy) is 1. The number of likely N-dealkylation sites (N-methyl/N-ethyl adjacent to an activating group) is 1. The summed E-state index contributed by atoms with van der Waals surface area (Å²) in [5.74, 6) is 0.0919. The zero-order chi connectivity index (χ0) is 18.4. The Kier molecular flexibility index (Phi) is 6.04. The van der Waals surface area contributed by atoms with Crippen LogP contribution in [0.3, 0.4) is 0 Å². The van der Waals surface area contributed by atoms with E-state index in [1.807, 2.05) is 18.2 Å². The van der Waals surface area contributed by atoms with Crippen LogP contribution in [0.1, 0.15) is 27.7 Å². The molecule has 2 amide bonds. The van der Waals surface area contributed by atoms with Gasteiger partial charge in [-0.15, -0.1) is 0 Å². The van der Waals surface area contributed by atoms with E-state index in [1.54, 1.807) is 25.2 Å². The Balaban J connectivity index is 1.67. The minimum atomic E-state index is -0.758. The molecule has 1 aromatic heterocycles. The molecule has 2 heterocycles. The van der Waals surface area contributed by atoms with E-state index in [0.717, 1.165) is 18.7 Å². The maximum Gasteiger partial charge on any atom is 0.255 e. The number of nitrogens with one attached hydrogen (secondary N) is 2. The fourth-order valence-corrected chi connectivity index (χ4v) is 2.87. The summed E-state index contributed by atoms with van der Waals surface area (Å²) >= 11 is 0. The minimum absolute atomic E-state index is 0.276. The summed E-state index contributed by atoms with van der Waals surface area (Å²) in [6.07, 6.45) is 1.43. The molecule has 2 N–H and O–H groups in total. The highest BCUT2D eigenvalue weighted by atomic mass is 16.5. The first-order chi connectivity index (χ1) is 12.7. The highest BCUT2D eigenvalue weighted by Gasteiger charge is 2.23. The molecule has 1 aliphatic rings. The van der Waals surface area contributed by atoms with Crippen LogP contribution in [0.2, 0.25) is 0 Å². The highest BCUT2D eigenvalue weighted by molar-refractivity contribution is 5.97. The number of carbonyl (C=O) groups is 2. The molecule has 0 spiro atoms. The normalized spacial score (nSPS) is 16.0. The third kappa shape index (κ3) is 4.50. The van der Waals surface area contributed by atoms with Gasteiger partial charge in [-0.25, -0.2) is 0 Å². The third-order valence-electron chi connectivity index (χ3n) is 4.32. The molecule has 1 saturated heterocycles. The van der Waals surface area contributed by atoms with Crippen molar-refractivity contribution in [3.8, 4) is 0 Å². The average Bonchev–Trinajstić information content (AvgIpc) is 3.15. The number of furan rings is 1. The predicted octanol–water partition coefficient (Wildman–Crippen LogP) is 1.33. The van der Waals surface area contributed by atoms with Crippen LogP contribution in [0.4, 0.5) is 0 Å². The van der Waals surface area contributed by atoms with Crippen LogP contribution in [-0.4, -0.2) is 50.1 Å². The first-order valence-electron chi connectivity index (χ1n) is 8.62. The summed E-state index contributed by atoms with van der Waals surface area (Å²) in [5.41, 5.74) is 1.12. The van der Waals surface area contributed by atoms with Gasteiger partial charge in [0, 0.05) is 20.1 Å². The van der Waals surface area contributed by atoms with Crippen molar-refractivity contribution in [2.24, 2.45) is 0 Å². The van der Waals surface area contributed by atoms with Crippen LogP contribution in [-0.2, 0) is 16.1 Å². The topological polar surface area (TPSA) is 83.8 Å². The van der Waals surface area contributed by atoms with Crippen molar-refractivity contribution in [1.82, 2.24) is 15.5 Å². The standard InChI is InChI=1S/C19H23N3O4/c1-20-19(24)17(14-5-3-2-4-6-14)21-18(23)15-11-16(26-13-15)12-22-7-9-25-10-8-22/h2-6,11,13,17H,7-10,12H2,1H3,(H,20,24)(H,21,23)/t17-/m1/s1.